The fraction of sp³-hybridized carbons (Fsp3) is 0.655. The number of carbonyl (C=O) groups is 2. The molecule has 8 nitrogen and oxygen atoms in total. The van der Waals surface area contributed by atoms with Crippen molar-refractivity contribution in [2.24, 2.45) is 5.92 Å². The number of alkyl halides is 3. The van der Waals surface area contributed by atoms with Gasteiger partial charge in [-0.1, -0.05) is 0 Å². The minimum absolute atomic E-state index is 0.00515. The number of benzene rings is 1. The van der Waals surface area contributed by atoms with Crippen LogP contribution in [-0.2, 0) is 15.7 Å². The van der Waals surface area contributed by atoms with E-state index in [1.165, 1.54) is 15.9 Å². The van der Waals surface area contributed by atoms with Crippen molar-refractivity contribution >= 4 is 35.0 Å². The number of hydrogen-bond acceptors (Lipinski definition) is 5. The van der Waals surface area contributed by atoms with Crippen molar-refractivity contribution in [1.29, 1.82) is 5.26 Å². The molecule has 0 aromatic heterocycles. The molecule has 3 fully saturated rings. The number of nitrogens with zero attached hydrogens (tertiary/aromatic N) is 4. The molecule has 2 unspecified atom stereocenters. The lowest BCUT2D eigenvalue weighted by Crippen LogP contribution is -2.51. The van der Waals surface area contributed by atoms with Crippen molar-refractivity contribution in [3.05, 3.63) is 29.3 Å². The lowest BCUT2D eigenvalue weighted by atomic mass is 9.82. The van der Waals surface area contributed by atoms with Crippen LogP contribution in [0.15, 0.2) is 18.2 Å². The van der Waals surface area contributed by atoms with Crippen molar-refractivity contribution in [3.8, 4) is 6.07 Å². The summed E-state index contributed by atoms with van der Waals surface area (Å²) in [5, 5.41) is 18.7. The Labute approximate surface area is 244 Å². The smallest absolute Gasteiger partial charge is 0.417 e. The first-order valence-electron chi connectivity index (χ1n) is 14.1. The molecular weight excluding hydrogens is 557 g/mol. The normalized spacial score (nSPS) is 28.6. The van der Waals surface area contributed by atoms with Crippen LogP contribution in [0, 0.1) is 17.2 Å². The van der Waals surface area contributed by atoms with E-state index >= 15 is 0 Å². The quantitative estimate of drug-likeness (QED) is 0.393. The first-order chi connectivity index (χ1) is 19.2. The third-order valence-electron chi connectivity index (χ3n) is 8.85. The monoisotopic (exact) mass is 594 g/mol. The summed E-state index contributed by atoms with van der Waals surface area (Å²) in [7, 11) is 0. The maximum atomic E-state index is 13.6. The summed E-state index contributed by atoms with van der Waals surface area (Å²) >= 11 is 5.69. The lowest BCUT2D eigenvalue weighted by Gasteiger charge is -2.41. The van der Waals surface area contributed by atoms with E-state index in [9.17, 15) is 27.9 Å². The molecule has 4 rings (SSSR count). The van der Waals surface area contributed by atoms with Gasteiger partial charge < -0.3 is 19.6 Å². The van der Waals surface area contributed by atoms with Crippen LogP contribution >= 0.6 is 12.2 Å². The van der Waals surface area contributed by atoms with Crippen LogP contribution in [0.4, 0.5) is 23.7 Å². The van der Waals surface area contributed by atoms with E-state index in [0.717, 1.165) is 44.2 Å². The van der Waals surface area contributed by atoms with Gasteiger partial charge in [-0.3, -0.25) is 9.69 Å². The van der Waals surface area contributed by atoms with Gasteiger partial charge in [-0.15, -0.1) is 0 Å². The second-order valence-electron chi connectivity index (χ2n) is 12.0. The second-order valence-corrected chi connectivity index (χ2v) is 12.4. The number of rotatable bonds is 6. The molecule has 0 spiro atoms. The number of halogens is 3. The Balaban J connectivity index is 1.35. The summed E-state index contributed by atoms with van der Waals surface area (Å²) in [4.78, 5) is 29.5. The predicted octanol–water partition coefficient (Wildman–Crippen LogP) is 6.17. The van der Waals surface area contributed by atoms with Crippen molar-refractivity contribution in [2.75, 3.05) is 11.5 Å². The van der Waals surface area contributed by atoms with E-state index in [1.54, 1.807) is 19.9 Å². The molecule has 3 aliphatic rings. The van der Waals surface area contributed by atoms with Crippen LogP contribution in [-0.4, -0.2) is 68.4 Å². The Morgan fingerprint density at radius 1 is 1.17 bits per heavy atom. The number of carbonyl (C=O) groups excluding carboxylic acids is 1. The van der Waals surface area contributed by atoms with Gasteiger partial charge in [-0.2, -0.15) is 18.4 Å². The molecule has 1 aliphatic carbocycles. The number of ether oxygens (including phenoxy) is 1. The van der Waals surface area contributed by atoms with E-state index in [2.05, 4.69) is 0 Å². The molecule has 41 heavy (non-hydrogen) atoms. The van der Waals surface area contributed by atoms with Gasteiger partial charge in [0, 0.05) is 24.7 Å². The van der Waals surface area contributed by atoms with Gasteiger partial charge in [-0.05, 0) is 109 Å². The molecule has 1 saturated carbocycles. The first-order valence-corrected chi connectivity index (χ1v) is 14.5. The average Bonchev–Trinajstić information content (AvgIpc) is 3.06. The summed E-state index contributed by atoms with van der Waals surface area (Å²) in [5.74, 6) is 0.0485. The molecule has 1 aromatic carbocycles. The molecule has 224 valence electrons. The van der Waals surface area contributed by atoms with Crippen LogP contribution in [0.3, 0.4) is 0 Å². The van der Waals surface area contributed by atoms with Crippen molar-refractivity contribution in [2.45, 2.75) is 109 Å². The van der Waals surface area contributed by atoms with E-state index in [-0.39, 0.29) is 35.0 Å². The predicted molar refractivity (Wildman–Crippen MR) is 150 cm³/mol. The Kier molecular flexibility index (Phi) is 8.90. The van der Waals surface area contributed by atoms with Crippen molar-refractivity contribution in [1.82, 2.24) is 9.80 Å². The molecule has 2 heterocycles. The lowest BCUT2D eigenvalue weighted by molar-refractivity contribution is -0.137. The molecule has 2 amide bonds. The molecule has 0 radical (unpaired) electrons. The zero-order valence-corrected chi connectivity index (χ0v) is 24.6. The van der Waals surface area contributed by atoms with Crippen LogP contribution in [0.1, 0.15) is 83.8 Å². The fourth-order valence-electron chi connectivity index (χ4n) is 6.78. The average molecular weight is 595 g/mol. The number of anilines is 1. The summed E-state index contributed by atoms with van der Waals surface area (Å²) in [6.45, 7) is 7.91. The Hall–Kier alpha value is -2.91. The largest absolute Gasteiger partial charge is 0.465 e. The maximum absolute atomic E-state index is 13.6. The molecule has 2 atom stereocenters. The van der Waals surface area contributed by atoms with Gasteiger partial charge in [0.05, 0.1) is 29.0 Å². The summed E-state index contributed by atoms with van der Waals surface area (Å²) in [6.07, 6.45) is 0.0589. The third-order valence-corrected chi connectivity index (χ3v) is 9.23. The summed E-state index contributed by atoms with van der Waals surface area (Å²) < 4.78 is 46.9. The standard InChI is InChI=1S/C29H37F3N4O4S/c1-17-13-23(14-18(2)34(17)27(38)39)40-12-11-19-5-8-21(9-6-19)36-26(41)35(25(37)28(36,3)4)22-10-7-20(16-33)24(15-22)29(30,31)32/h7,10,15,17-19,21,23H,5-6,8-9,11-14H2,1-4H3,(H,38,39). The van der Waals surface area contributed by atoms with Gasteiger partial charge in [-0.25, -0.2) is 4.79 Å². The molecule has 12 heteroatoms. The second kappa shape index (κ2) is 11.8. The van der Waals surface area contributed by atoms with Crippen LogP contribution in [0.5, 0.6) is 0 Å². The Morgan fingerprint density at radius 2 is 1.78 bits per heavy atom. The van der Waals surface area contributed by atoms with Crippen LogP contribution in [0.25, 0.3) is 0 Å². The number of likely N-dealkylation sites (tertiary alicyclic amines) is 1. The zero-order chi connectivity index (χ0) is 30.3. The summed E-state index contributed by atoms with van der Waals surface area (Å²) in [5.41, 5.74) is -2.62. The highest BCUT2D eigenvalue weighted by Crippen LogP contribution is 2.41. The van der Waals surface area contributed by atoms with E-state index in [4.69, 9.17) is 22.2 Å². The minimum Gasteiger partial charge on any atom is -0.465 e. The summed E-state index contributed by atoms with van der Waals surface area (Å²) in [6, 6.07) is 4.61. The highest BCUT2D eigenvalue weighted by Gasteiger charge is 2.52. The third kappa shape index (κ3) is 6.16. The van der Waals surface area contributed by atoms with Crippen molar-refractivity contribution in [3.63, 3.8) is 0 Å². The fourth-order valence-corrected chi connectivity index (χ4v) is 7.34. The van der Waals surface area contributed by atoms with E-state index in [1.807, 2.05) is 18.7 Å². The molecule has 2 saturated heterocycles. The number of thiocarbonyl (C=S) groups is 1. The van der Waals surface area contributed by atoms with Gasteiger partial charge in [0.2, 0.25) is 0 Å². The Morgan fingerprint density at radius 3 is 2.32 bits per heavy atom. The van der Waals surface area contributed by atoms with Crippen molar-refractivity contribution < 1.29 is 32.6 Å². The minimum atomic E-state index is -4.74. The molecular formula is C29H37F3N4O4S. The highest BCUT2D eigenvalue weighted by atomic mass is 32.1. The van der Waals surface area contributed by atoms with E-state index < -0.39 is 34.8 Å². The topological polar surface area (TPSA) is 97.1 Å². The zero-order valence-electron chi connectivity index (χ0n) is 23.8. The molecule has 2 aliphatic heterocycles. The number of carboxylic acid groups (broad SMARTS) is 1. The Bertz CT molecular complexity index is 1210. The van der Waals surface area contributed by atoms with E-state index in [0.29, 0.717) is 25.4 Å². The number of piperidine rings is 1. The number of nitriles is 1. The maximum Gasteiger partial charge on any atom is 0.417 e. The van der Waals surface area contributed by atoms with Gasteiger partial charge in [0.15, 0.2) is 5.11 Å². The van der Waals surface area contributed by atoms with Crippen LogP contribution < -0.4 is 4.90 Å². The first kappa shape index (κ1) is 31.0. The SMILES string of the molecule is CC1CC(OCCC2CCC(N3C(=S)N(c4ccc(C#N)c(C(F)(F)F)c4)C(=O)C3(C)C)CC2)CC(C)N1C(=O)O. The van der Waals surface area contributed by atoms with Gasteiger partial charge in [0.25, 0.3) is 5.91 Å². The van der Waals surface area contributed by atoms with Gasteiger partial charge >= 0.3 is 12.3 Å². The molecule has 1 N–H and O–H groups in total. The van der Waals surface area contributed by atoms with Gasteiger partial charge in [0.1, 0.15) is 5.54 Å². The molecule has 1 aromatic rings. The number of hydrogen-bond donors (Lipinski definition) is 1. The molecule has 0 bridgehead atoms. The highest BCUT2D eigenvalue weighted by molar-refractivity contribution is 7.80. The number of amides is 2. The van der Waals surface area contributed by atoms with Crippen LogP contribution in [0.2, 0.25) is 0 Å².